The van der Waals surface area contributed by atoms with Gasteiger partial charge < -0.3 is 4.79 Å². The Labute approximate surface area is 80.7 Å². The van der Waals surface area contributed by atoms with Gasteiger partial charge in [0.2, 0.25) is 0 Å². The van der Waals surface area contributed by atoms with Crippen LogP contribution in [0.3, 0.4) is 0 Å². The molecule has 3 heteroatoms. The fraction of sp³-hybridized carbons (Fsp3) is 0.900. The van der Waals surface area contributed by atoms with Gasteiger partial charge in [-0.15, -0.1) is 0 Å². The predicted octanol–water partition coefficient (Wildman–Crippen LogP) is 0.601. The lowest BCUT2D eigenvalue weighted by atomic mass is 10.3. The second kappa shape index (κ2) is 5.35. The molecule has 13 heavy (non-hydrogen) atoms. The summed E-state index contributed by atoms with van der Waals surface area (Å²) < 4.78 is 0. The second-order valence-corrected chi connectivity index (χ2v) is 3.95. The molecule has 1 rings (SSSR count). The first-order chi connectivity index (χ1) is 6.24. The summed E-state index contributed by atoms with van der Waals surface area (Å²) in [6, 6.07) is 0.635. The predicted molar refractivity (Wildman–Crippen MR) is 53.8 cm³/mol. The molecule has 1 saturated heterocycles. The average molecular weight is 184 g/mol. The molecule has 3 nitrogen and oxygen atoms in total. The summed E-state index contributed by atoms with van der Waals surface area (Å²) in [4.78, 5) is 15.1. The maximum Gasteiger partial charge on any atom is 0.133 e. The largest absolute Gasteiger partial charge is 0.302 e. The Morgan fingerprint density at radius 1 is 1.23 bits per heavy atom. The first kappa shape index (κ1) is 10.7. The fourth-order valence-electron chi connectivity index (χ4n) is 1.80. The summed E-state index contributed by atoms with van der Waals surface area (Å²) in [6.45, 7) is 9.45. The molecule has 0 spiro atoms. The molecule has 1 fully saturated rings. The summed E-state index contributed by atoms with van der Waals surface area (Å²) >= 11 is 0. The number of carbonyl (C=O) groups excluding carboxylic acids is 1. The zero-order chi connectivity index (χ0) is 9.68. The Bertz CT molecular complexity index is 159. The van der Waals surface area contributed by atoms with E-state index < -0.39 is 0 Å². The molecule has 0 bridgehead atoms. The van der Waals surface area contributed by atoms with Crippen molar-refractivity contribution in [3.05, 3.63) is 0 Å². The third-order valence-electron chi connectivity index (χ3n) is 2.69. The Kier molecular flexibility index (Phi) is 4.39. The minimum absolute atomic E-state index is 0.603. The Hall–Kier alpha value is -0.410. The number of nitrogens with zero attached hydrogens (tertiary/aromatic N) is 2. The van der Waals surface area contributed by atoms with Crippen molar-refractivity contribution >= 4 is 6.29 Å². The van der Waals surface area contributed by atoms with Crippen LogP contribution in [-0.2, 0) is 4.79 Å². The molecule has 0 aliphatic carbocycles. The molecular weight excluding hydrogens is 164 g/mol. The van der Waals surface area contributed by atoms with Crippen LogP contribution in [0.4, 0.5) is 0 Å². The van der Waals surface area contributed by atoms with Gasteiger partial charge in [-0.1, -0.05) is 0 Å². The van der Waals surface area contributed by atoms with E-state index >= 15 is 0 Å². The highest BCUT2D eigenvalue weighted by molar-refractivity contribution is 5.51. The Morgan fingerprint density at radius 2 is 2.00 bits per heavy atom. The van der Waals surface area contributed by atoms with Crippen molar-refractivity contribution in [1.82, 2.24) is 9.80 Å². The lowest BCUT2D eigenvalue weighted by Crippen LogP contribution is -2.35. The van der Waals surface area contributed by atoms with Gasteiger partial charge in [0.25, 0.3) is 0 Å². The Balaban J connectivity index is 2.34. The molecule has 0 N–H and O–H groups in total. The number of hydrogen-bond donors (Lipinski definition) is 0. The summed E-state index contributed by atoms with van der Waals surface area (Å²) in [5.41, 5.74) is 0. The van der Waals surface area contributed by atoms with Gasteiger partial charge in [-0.25, -0.2) is 0 Å². The summed E-state index contributed by atoms with van der Waals surface area (Å²) in [5.74, 6) is 0. The lowest BCUT2D eigenvalue weighted by Gasteiger charge is -2.24. The molecule has 0 atom stereocenters. The van der Waals surface area contributed by atoms with Crippen molar-refractivity contribution in [2.24, 2.45) is 0 Å². The highest BCUT2D eigenvalue weighted by Crippen LogP contribution is 2.05. The first-order valence-corrected chi connectivity index (χ1v) is 5.14. The molecule has 0 saturated carbocycles. The highest BCUT2D eigenvalue weighted by Gasteiger charge is 2.15. The molecular formula is C10H20N2O. The SMILES string of the molecule is CC(C)N1CCCN(CC=O)CC1. The van der Waals surface area contributed by atoms with Gasteiger partial charge in [-0.3, -0.25) is 9.80 Å². The van der Waals surface area contributed by atoms with Crippen molar-refractivity contribution in [3.8, 4) is 0 Å². The summed E-state index contributed by atoms with van der Waals surface area (Å²) in [7, 11) is 0. The number of rotatable bonds is 3. The van der Waals surface area contributed by atoms with Crippen LogP contribution in [0.5, 0.6) is 0 Å². The zero-order valence-corrected chi connectivity index (χ0v) is 8.70. The van der Waals surface area contributed by atoms with E-state index in [0.717, 1.165) is 25.9 Å². The maximum atomic E-state index is 10.3. The van der Waals surface area contributed by atoms with E-state index in [9.17, 15) is 4.79 Å². The van der Waals surface area contributed by atoms with Gasteiger partial charge >= 0.3 is 0 Å². The van der Waals surface area contributed by atoms with Gasteiger partial charge in [0.05, 0.1) is 6.54 Å². The van der Waals surface area contributed by atoms with Crippen LogP contribution in [0.1, 0.15) is 20.3 Å². The molecule has 1 aliphatic rings. The molecule has 0 amide bonds. The highest BCUT2D eigenvalue weighted by atomic mass is 16.1. The normalized spacial score (nSPS) is 21.8. The van der Waals surface area contributed by atoms with Crippen molar-refractivity contribution in [2.45, 2.75) is 26.3 Å². The van der Waals surface area contributed by atoms with Crippen LogP contribution < -0.4 is 0 Å². The van der Waals surface area contributed by atoms with Gasteiger partial charge in [0, 0.05) is 19.1 Å². The molecule has 0 aromatic carbocycles. The van der Waals surface area contributed by atoms with Crippen LogP contribution in [0.15, 0.2) is 0 Å². The maximum absolute atomic E-state index is 10.3. The average Bonchev–Trinajstić information content (AvgIpc) is 2.30. The zero-order valence-electron chi connectivity index (χ0n) is 8.70. The fourth-order valence-corrected chi connectivity index (χ4v) is 1.80. The van der Waals surface area contributed by atoms with Crippen molar-refractivity contribution in [1.29, 1.82) is 0 Å². The minimum Gasteiger partial charge on any atom is -0.302 e. The van der Waals surface area contributed by atoms with E-state index in [1.165, 1.54) is 13.0 Å². The van der Waals surface area contributed by atoms with Crippen molar-refractivity contribution in [3.63, 3.8) is 0 Å². The van der Waals surface area contributed by atoms with E-state index in [2.05, 4.69) is 23.6 Å². The van der Waals surface area contributed by atoms with Gasteiger partial charge in [0.1, 0.15) is 6.29 Å². The third-order valence-corrected chi connectivity index (χ3v) is 2.69. The van der Waals surface area contributed by atoms with E-state index in [0.29, 0.717) is 12.6 Å². The summed E-state index contributed by atoms with van der Waals surface area (Å²) in [6.07, 6.45) is 2.19. The molecule has 1 heterocycles. The van der Waals surface area contributed by atoms with Crippen LogP contribution in [0.25, 0.3) is 0 Å². The van der Waals surface area contributed by atoms with E-state index in [-0.39, 0.29) is 0 Å². The Morgan fingerprint density at radius 3 is 2.62 bits per heavy atom. The van der Waals surface area contributed by atoms with Gasteiger partial charge in [0.15, 0.2) is 0 Å². The number of carbonyl (C=O) groups is 1. The van der Waals surface area contributed by atoms with E-state index in [4.69, 9.17) is 0 Å². The second-order valence-electron chi connectivity index (χ2n) is 3.95. The lowest BCUT2D eigenvalue weighted by molar-refractivity contribution is -0.108. The van der Waals surface area contributed by atoms with Crippen molar-refractivity contribution < 1.29 is 4.79 Å². The molecule has 0 radical (unpaired) electrons. The number of hydrogen-bond acceptors (Lipinski definition) is 3. The van der Waals surface area contributed by atoms with E-state index in [1.807, 2.05) is 0 Å². The minimum atomic E-state index is 0.603. The topological polar surface area (TPSA) is 23.6 Å². The monoisotopic (exact) mass is 184 g/mol. The molecule has 76 valence electrons. The summed E-state index contributed by atoms with van der Waals surface area (Å²) in [5, 5.41) is 0. The smallest absolute Gasteiger partial charge is 0.133 e. The van der Waals surface area contributed by atoms with Crippen LogP contribution in [0.2, 0.25) is 0 Å². The van der Waals surface area contributed by atoms with Crippen molar-refractivity contribution in [2.75, 3.05) is 32.7 Å². The standard InChI is InChI=1S/C10H20N2O/c1-10(2)12-5-3-4-11(6-7-12)8-9-13/h9-10H,3-8H2,1-2H3. The number of aldehydes is 1. The van der Waals surface area contributed by atoms with Gasteiger partial charge in [-0.05, 0) is 33.4 Å². The molecule has 1 aliphatic heterocycles. The molecule has 0 aromatic rings. The first-order valence-electron chi connectivity index (χ1n) is 5.14. The van der Waals surface area contributed by atoms with Crippen LogP contribution in [0, 0.1) is 0 Å². The molecule has 0 unspecified atom stereocenters. The van der Waals surface area contributed by atoms with Crippen LogP contribution in [-0.4, -0.2) is 54.9 Å². The molecule has 0 aromatic heterocycles. The third kappa shape index (κ3) is 3.44. The van der Waals surface area contributed by atoms with Crippen LogP contribution >= 0.6 is 0 Å². The van der Waals surface area contributed by atoms with E-state index in [1.54, 1.807) is 0 Å². The quantitative estimate of drug-likeness (QED) is 0.600. The van der Waals surface area contributed by atoms with Gasteiger partial charge in [-0.2, -0.15) is 0 Å².